The van der Waals surface area contributed by atoms with Gasteiger partial charge in [0.15, 0.2) is 0 Å². The Kier molecular flexibility index (Phi) is 4.31. The van der Waals surface area contributed by atoms with E-state index in [0.717, 1.165) is 4.90 Å². The Bertz CT molecular complexity index is 610. The molecule has 2 aliphatic rings. The minimum Gasteiger partial charge on any atom is -0.463 e. The first kappa shape index (κ1) is 16.8. The van der Waals surface area contributed by atoms with E-state index in [1.807, 2.05) is 0 Å². The highest BCUT2D eigenvalue weighted by atomic mass is 16.5. The second kappa shape index (κ2) is 5.90. The molecule has 23 heavy (non-hydrogen) atoms. The molecule has 0 saturated carbocycles. The van der Waals surface area contributed by atoms with Crippen LogP contribution >= 0.6 is 0 Å². The monoisotopic (exact) mass is 324 g/mol. The summed E-state index contributed by atoms with van der Waals surface area (Å²) in [6.45, 7) is 6.42. The molecule has 9 heteroatoms. The van der Waals surface area contributed by atoms with Crippen molar-refractivity contribution in [2.24, 2.45) is 0 Å². The summed E-state index contributed by atoms with van der Waals surface area (Å²) in [7, 11) is 0. The lowest BCUT2D eigenvalue weighted by atomic mass is 10.0. The van der Waals surface area contributed by atoms with E-state index < -0.39 is 35.5 Å². The van der Waals surface area contributed by atoms with Gasteiger partial charge in [-0.25, -0.2) is 14.4 Å². The summed E-state index contributed by atoms with van der Waals surface area (Å²) in [6.07, 6.45) is 0. The van der Waals surface area contributed by atoms with Gasteiger partial charge in [0.1, 0.15) is 5.54 Å². The molecule has 1 fully saturated rings. The molecular weight excluding hydrogens is 304 g/mol. The number of esters is 1. The average Bonchev–Trinajstić information content (AvgIpc) is 2.60. The Morgan fingerprint density at radius 2 is 1.96 bits per heavy atom. The predicted octanol–water partition coefficient (Wildman–Crippen LogP) is -0.165. The molecule has 9 nitrogen and oxygen atoms in total. The zero-order valence-corrected chi connectivity index (χ0v) is 13.5. The first-order valence-corrected chi connectivity index (χ1v) is 7.29. The van der Waals surface area contributed by atoms with E-state index in [-0.39, 0.29) is 24.4 Å². The van der Waals surface area contributed by atoms with E-state index >= 15 is 0 Å². The summed E-state index contributed by atoms with van der Waals surface area (Å²) in [5.74, 6) is -1.03. The Labute approximate surface area is 133 Å². The molecule has 2 rings (SSSR count). The number of ether oxygens (including phenoxy) is 1. The Hall–Kier alpha value is -2.58. The maximum absolute atomic E-state index is 12.3. The van der Waals surface area contributed by atoms with Crippen molar-refractivity contribution in [2.45, 2.75) is 39.3 Å². The normalized spacial score (nSPS) is 23.4. The van der Waals surface area contributed by atoms with Gasteiger partial charge in [0, 0.05) is 0 Å². The largest absolute Gasteiger partial charge is 0.463 e. The van der Waals surface area contributed by atoms with Crippen LogP contribution in [0.2, 0.25) is 0 Å². The number of imide groups is 1. The van der Waals surface area contributed by atoms with Crippen molar-refractivity contribution in [1.82, 2.24) is 20.9 Å². The maximum Gasteiger partial charge on any atom is 0.337 e. The zero-order valence-electron chi connectivity index (χ0n) is 13.5. The zero-order chi connectivity index (χ0) is 17.4. The third kappa shape index (κ3) is 3.13. The van der Waals surface area contributed by atoms with Crippen LogP contribution in [0.1, 0.15) is 27.7 Å². The van der Waals surface area contributed by atoms with Crippen LogP contribution in [-0.4, -0.2) is 53.6 Å². The highest BCUT2D eigenvalue weighted by Gasteiger charge is 2.45. The van der Waals surface area contributed by atoms with E-state index in [1.165, 1.54) is 0 Å². The number of amides is 5. The van der Waals surface area contributed by atoms with Crippen molar-refractivity contribution in [3.8, 4) is 0 Å². The van der Waals surface area contributed by atoms with Gasteiger partial charge in [0.05, 0.1) is 30.5 Å². The number of rotatable bonds is 4. The summed E-state index contributed by atoms with van der Waals surface area (Å²) >= 11 is 0. The highest BCUT2D eigenvalue weighted by molar-refractivity contribution is 6.07. The molecule has 5 amide bonds. The first-order chi connectivity index (χ1) is 10.7. The van der Waals surface area contributed by atoms with Gasteiger partial charge in [-0.05, 0) is 27.7 Å². The summed E-state index contributed by atoms with van der Waals surface area (Å²) < 4.78 is 4.98. The number of hydrogen-bond acceptors (Lipinski definition) is 5. The molecule has 0 aliphatic carbocycles. The van der Waals surface area contributed by atoms with Gasteiger partial charge >= 0.3 is 18.0 Å². The van der Waals surface area contributed by atoms with Gasteiger partial charge in [-0.3, -0.25) is 9.69 Å². The van der Waals surface area contributed by atoms with E-state index in [1.54, 1.807) is 27.7 Å². The fourth-order valence-electron chi connectivity index (χ4n) is 2.52. The van der Waals surface area contributed by atoms with Crippen LogP contribution < -0.4 is 16.0 Å². The molecule has 3 N–H and O–H groups in total. The second-order valence-corrected chi connectivity index (χ2v) is 5.88. The lowest BCUT2D eigenvalue weighted by Gasteiger charge is -2.28. The van der Waals surface area contributed by atoms with Gasteiger partial charge in [-0.2, -0.15) is 0 Å². The number of urea groups is 2. The fraction of sp³-hybridized carbons (Fsp3) is 0.571. The van der Waals surface area contributed by atoms with E-state index in [2.05, 4.69) is 16.0 Å². The van der Waals surface area contributed by atoms with Crippen molar-refractivity contribution in [2.75, 3.05) is 13.2 Å². The molecular formula is C14H20N4O5. The molecule has 1 atom stereocenters. The van der Waals surface area contributed by atoms with Gasteiger partial charge in [-0.15, -0.1) is 0 Å². The molecule has 2 aliphatic heterocycles. The third-order valence-corrected chi connectivity index (χ3v) is 3.63. The van der Waals surface area contributed by atoms with Crippen molar-refractivity contribution in [3.05, 3.63) is 11.3 Å². The Morgan fingerprint density at radius 3 is 2.48 bits per heavy atom. The van der Waals surface area contributed by atoms with Crippen LogP contribution in [0.4, 0.5) is 9.59 Å². The molecule has 0 unspecified atom stereocenters. The summed E-state index contributed by atoms with van der Waals surface area (Å²) in [5.41, 5.74) is -0.651. The summed E-state index contributed by atoms with van der Waals surface area (Å²) in [6, 6.07) is -1.67. The molecule has 0 aromatic heterocycles. The van der Waals surface area contributed by atoms with Crippen LogP contribution in [-0.2, 0) is 14.3 Å². The molecule has 2 heterocycles. The second-order valence-electron chi connectivity index (χ2n) is 5.88. The first-order valence-electron chi connectivity index (χ1n) is 7.29. The van der Waals surface area contributed by atoms with Crippen molar-refractivity contribution < 1.29 is 23.9 Å². The van der Waals surface area contributed by atoms with E-state index in [9.17, 15) is 19.2 Å². The minimum absolute atomic E-state index is 0.173. The van der Waals surface area contributed by atoms with Crippen LogP contribution in [0.25, 0.3) is 0 Å². The standard InChI is InChI=1S/C14H20N4O5/c1-5-23-10(19)9-7(2)15-12(21)16-8(9)6-18-11(20)14(3,4)17-13(18)22/h7H,5-6H2,1-4H3,(H,17,22)(H2,15,16,21)/t7-/m0/s1. The van der Waals surface area contributed by atoms with Gasteiger partial charge in [0.2, 0.25) is 0 Å². The van der Waals surface area contributed by atoms with Crippen molar-refractivity contribution in [3.63, 3.8) is 0 Å². The number of hydrogen-bond donors (Lipinski definition) is 3. The quantitative estimate of drug-likeness (QED) is 0.490. The lowest BCUT2D eigenvalue weighted by molar-refractivity contribution is -0.139. The molecule has 126 valence electrons. The number of carbonyl (C=O) groups excluding carboxylic acids is 4. The topological polar surface area (TPSA) is 117 Å². The van der Waals surface area contributed by atoms with Crippen LogP contribution in [0.5, 0.6) is 0 Å². The fourth-order valence-corrected chi connectivity index (χ4v) is 2.52. The third-order valence-electron chi connectivity index (χ3n) is 3.63. The molecule has 0 bridgehead atoms. The molecule has 0 spiro atoms. The van der Waals surface area contributed by atoms with Crippen LogP contribution in [0.3, 0.4) is 0 Å². The van der Waals surface area contributed by atoms with Gasteiger partial charge in [0.25, 0.3) is 5.91 Å². The summed E-state index contributed by atoms with van der Waals surface area (Å²) in [4.78, 5) is 49.0. The number of nitrogens with one attached hydrogen (secondary N) is 3. The Balaban J connectivity index is 2.34. The average molecular weight is 324 g/mol. The smallest absolute Gasteiger partial charge is 0.337 e. The van der Waals surface area contributed by atoms with Gasteiger partial charge < -0.3 is 20.7 Å². The van der Waals surface area contributed by atoms with Crippen LogP contribution in [0, 0.1) is 0 Å². The molecule has 1 saturated heterocycles. The maximum atomic E-state index is 12.3. The molecule has 0 aromatic rings. The van der Waals surface area contributed by atoms with Crippen molar-refractivity contribution >= 4 is 23.9 Å². The van der Waals surface area contributed by atoms with E-state index in [0.29, 0.717) is 0 Å². The van der Waals surface area contributed by atoms with Crippen molar-refractivity contribution in [1.29, 1.82) is 0 Å². The SMILES string of the molecule is CCOC(=O)C1=C(CN2C(=O)NC(C)(C)C2=O)NC(=O)N[C@H]1C. The lowest BCUT2D eigenvalue weighted by Crippen LogP contribution is -2.52. The van der Waals surface area contributed by atoms with E-state index in [4.69, 9.17) is 4.74 Å². The van der Waals surface area contributed by atoms with Gasteiger partial charge in [-0.1, -0.05) is 0 Å². The number of nitrogens with zero attached hydrogens (tertiary/aromatic N) is 1. The summed E-state index contributed by atoms with van der Waals surface area (Å²) in [5, 5.41) is 7.58. The Morgan fingerprint density at radius 1 is 1.30 bits per heavy atom. The molecule has 0 radical (unpaired) electrons. The highest BCUT2D eigenvalue weighted by Crippen LogP contribution is 2.21. The predicted molar refractivity (Wildman–Crippen MR) is 79.1 cm³/mol. The molecule has 0 aromatic carbocycles. The number of carbonyl (C=O) groups is 4. The minimum atomic E-state index is -1.02. The van der Waals surface area contributed by atoms with Crippen LogP contribution in [0.15, 0.2) is 11.3 Å².